The molecule has 1 aromatic rings. The van der Waals surface area contributed by atoms with Crippen LogP contribution in [0.25, 0.3) is 0 Å². The zero-order valence-corrected chi connectivity index (χ0v) is 19.4. The van der Waals surface area contributed by atoms with Crippen molar-refractivity contribution in [1.82, 2.24) is 0 Å². The summed E-state index contributed by atoms with van der Waals surface area (Å²) in [7, 11) is 0. The van der Waals surface area contributed by atoms with Crippen LogP contribution in [-0.2, 0) is 0 Å². The standard InChI is InChI=1S/C26H46OS/c1-2-3-4-5-6-7-8-9-10-11-12-13-14-15-16-17-18-21-24-28-26-23-20-19-22-25(26)27/h19-20,22-23,27H,2-18,21,24H2,1H3. The van der Waals surface area contributed by atoms with Crippen LogP contribution in [0, 0.1) is 0 Å². The van der Waals surface area contributed by atoms with Crippen LogP contribution in [0.4, 0.5) is 0 Å². The van der Waals surface area contributed by atoms with Crippen LogP contribution in [0.15, 0.2) is 29.2 Å². The molecular weight excluding hydrogens is 360 g/mol. The summed E-state index contributed by atoms with van der Waals surface area (Å²) >= 11 is 1.79. The number of phenolic OH excluding ortho intramolecular Hbond substituents is 1. The van der Waals surface area contributed by atoms with Gasteiger partial charge >= 0.3 is 0 Å². The highest BCUT2D eigenvalue weighted by Gasteiger charge is 2.00. The van der Waals surface area contributed by atoms with Crippen molar-refractivity contribution in [2.75, 3.05) is 5.75 Å². The van der Waals surface area contributed by atoms with Gasteiger partial charge in [0, 0.05) is 4.90 Å². The minimum absolute atomic E-state index is 0.426. The fraction of sp³-hybridized carbons (Fsp3) is 0.769. The van der Waals surface area contributed by atoms with Crippen molar-refractivity contribution < 1.29 is 5.11 Å². The number of benzene rings is 1. The molecule has 1 aromatic carbocycles. The molecule has 0 aliphatic carbocycles. The van der Waals surface area contributed by atoms with Crippen molar-refractivity contribution in [1.29, 1.82) is 0 Å². The Kier molecular flexibility index (Phi) is 17.9. The third kappa shape index (κ3) is 15.3. The van der Waals surface area contributed by atoms with Crippen molar-refractivity contribution in [3.05, 3.63) is 24.3 Å². The lowest BCUT2D eigenvalue weighted by Crippen LogP contribution is -1.85. The van der Waals surface area contributed by atoms with Crippen molar-refractivity contribution in [2.45, 2.75) is 127 Å². The molecule has 0 saturated carbocycles. The van der Waals surface area contributed by atoms with Crippen LogP contribution in [0.1, 0.15) is 122 Å². The molecule has 0 saturated heterocycles. The van der Waals surface area contributed by atoms with Gasteiger partial charge in [0.25, 0.3) is 0 Å². The van der Waals surface area contributed by atoms with Crippen molar-refractivity contribution >= 4 is 11.8 Å². The van der Waals surface area contributed by atoms with Gasteiger partial charge in [0.15, 0.2) is 0 Å². The highest BCUT2D eigenvalue weighted by Crippen LogP contribution is 2.28. The van der Waals surface area contributed by atoms with Crippen LogP contribution >= 0.6 is 11.8 Å². The molecule has 0 spiro atoms. The summed E-state index contributed by atoms with van der Waals surface area (Å²) in [5, 5.41) is 9.74. The Hall–Kier alpha value is -0.630. The number of rotatable bonds is 20. The van der Waals surface area contributed by atoms with Gasteiger partial charge in [-0.1, -0.05) is 128 Å². The molecule has 0 aliphatic rings. The lowest BCUT2D eigenvalue weighted by atomic mass is 10.0. The average Bonchev–Trinajstić information content (AvgIpc) is 2.71. The van der Waals surface area contributed by atoms with E-state index in [2.05, 4.69) is 6.92 Å². The first-order valence-corrected chi connectivity index (χ1v) is 13.2. The zero-order chi connectivity index (χ0) is 20.1. The van der Waals surface area contributed by atoms with Gasteiger partial charge in [0.2, 0.25) is 0 Å². The maximum atomic E-state index is 9.74. The molecule has 0 radical (unpaired) electrons. The zero-order valence-electron chi connectivity index (χ0n) is 18.6. The van der Waals surface area contributed by atoms with Gasteiger partial charge in [0.1, 0.15) is 5.75 Å². The smallest absolute Gasteiger partial charge is 0.129 e. The largest absolute Gasteiger partial charge is 0.507 e. The number of hydrogen-bond acceptors (Lipinski definition) is 2. The number of thioether (sulfide) groups is 1. The number of phenols is 1. The van der Waals surface area contributed by atoms with Gasteiger partial charge in [-0.2, -0.15) is 0 Å². The second-order valence-electron chi connectivity index (χ2n) is 8.33. The second kappa shape index (κ2) is 19.7. The van der Waals surface area contributed by atoms with Gasteiger partial charge < -0.3 is 5.11 Å². The Morgan fingerprint density at radius 2 is 0.964 bits per heavy atom. The lowest BCUT2D eigenvalue weighted by Gasteiger charge is -2.05. The van der Waals surface area contributed by atoms with E-state index in [9.17, 15) is 5.11 Å². The van der Waals surface area contributed by atoms with Crippen molar-refractivity contribution in [2.24, 2.45) is 0 Å². The molecular formula is C26H46OS. The first kappa shape index (κ1) is 25.4. The normalized spacial score (nSPS) is 11.2. The number of para-hydroxylation sites is 1. The Balaban J connectivity index is 1.72. The fourth-order valence-electron chi connectivity index (χ4n) is 3.77. The predicted molar refractivity (Wildman–Crippen MR) is 128 cm³/mol. The quantitative estimate of drug-likeness (QED) is 0.172. The predicted octanol–water partition coefficient (Wildman–Crippen LogP) is 9.53. The monoisotopic (exact) mass is 406 g/mol. The summed E-state index contributed by atoms with van der Waals surface area (Å²) in [5.41, 5.74) is 0. The average molecular weight is 407 g/mol. The van der Waals surface area contributed by atoms with Gasteiger partial charge in [-0.25, -0.2) is 0 Å². The summed E-state index contributed by atoms with van der Waals surface area (Å²) in [6.07, 6.45) is 25.6. The van der Waals surface area contributed by atoms with E-state index in [4.69, 9.17) is 0 Å². The Bertz CT molecular complexity index is 446. The summed E-state index contributed by atoms with van der Waals surface area (Å²) < 4.78 is 0. The molecule has 0 aromatic heterocycles. The molecule has 0 heterocycles. The van der Waals surface area contributed by atoms with E-state index < -0.39 is 0 Å². The second-order valence-corrected chi connectivity index (χ2v) is 9.46. The molecule has 28 heavy (non-hydrogen) atoms. The van der Waals surface area contributed by atoms with E-state index in [1.165, 1.54) is 116 Å². The minimum Gasteiger partial charge on any atom is -0.507 e. The molecule has 0 amide bonds. The molecule has 0 fully saturated rings. The van der Waals surface area contributed by atoms with Crippen molar-refractivity contribution in [3.63, 3.8) is 0 Å². The first-order valence-electron chi connectivity index (χ1n) is 12.3. The first-order chi connectivity index (χ1) is 13.8. The topological polar surface area (TPSA) is 20.2 Å². The molecule has 1 N–H and O–H groups in total. The van der Waals surface area contributed by atoms with E-state index >= 15 is 0 Å². The third-order valence-electron chi connectivity index (χ3n) is 5.62. The van der Waals surface area contributed by atoms with E-state index in [0.717, 1.165) is 10.6 Å². The Morgan fingerprint density at radius 1 is 0.571 bits per heavy atom. The molecule has 162 valence electrons. The summed E-state index contributed by atoms with van der Waals surface area (Å²) in [6.45, 7) is 2.29. The lowest BCUT2D eigenvalue weighted by molar-refractivity contribution is 0.462. The van der Waals surface area contributed by atoms with Gasteiger partial charge in [-0.3, -0.25) is 0 Å². The van der Waals surface area contributed by atoms with Crippen LogP contribution < -0.4 is 0 Å². The molecule has 0 bridgehead atoms. The van der Waals surface area contributed by atoms with E-state index in [0.29, 0.717) is 5.75 Å². The maximum absolute atomic E-state index is 9.74. The number of hydrogen-bond donors (Lipinski definition) is 1. The van der Waals surface area contributed by atoms with Gasteiger partial charge in [-0.05, 0) is 24.3 Å². The molecule has 0 atom stereocenters. The third-order valence-corrected chi connectivity index (χ3v) is 6.77. The minimum atomic E-state index is 0.426. The molecule has 1 rings (SSSR count). The Morgan fingerprint density at radius 3 is 1.39 bits per heavy atom. The number of aromatic hydroxyl groups is 1. The van der Waals surface area contributed by atoms with Crippen molar-refractivity contribution in [3.8, 4) is 5.75 Å². The summed E-state index contributed by atoms with van der Waals surface area (Å²) in [5.74, 6) is 1.55. The van der Waals surface area contributed by atoms with E-state index in [1.807, 2.05) is 18.2 Å². The molecule has 0 aliphatic heterocycles. The maximum Gasteiger partial charge on any atom is 0.129 e. The SMILES string of the molecule is CCCCCCCCCCCCCCCCCCCCSc1ccccc1O. The summed E-state index contributed by atoms with van der Waals surface area (Å²) in [4.78, 5) is 1.02. The van der Waals surface area contributed by atoms with Crippen LogP contribution in [-0.4, -0.2) is 10.9 Å². The molecule has 1 nitrogen and oxygen atoms in total. The van der Waals surface area contributed by atoms with Crippen LogP contribution in [0.5, 0.6) is 5.75 Å². The van der Waals surface area contributed by atoms with Crippen LogP contribution in [0.3, 0.4) is 0 Å². The fourth-order valence-corrected chi connectivity index (χ4v) is 4.72. The highest BCUT2D eigenvalue weighted by molar-refractivity contribution is 7.99. The van der Waals surface area contributed by atoms with E-state index in [-0.39, 0.29) is 0 Å². The van der Waals surface area contributed by atoms with E-state index in [1.54, 1.807) is 17.8 Å². The number of unbranched alkanes of at least 4 members (excludes halogenated alkanes) is 17. The van der Waals surface area contributed by atoms with Gasteiger partial charge in [-0.15, -0.1) is 11.8 Å². The summed E-state index contributed by atoms with van der Waals surface area (Å²) in [6, 6.07) is 7.67. The molecule has 0 unspecified atom stereocenters. The van der Waals surface area contributed by atoms with Gasteiger partial charge in [0.05, 0.1) is 0 Å². The highest BCUT2D eigenvalue weighted by atomic mass is 32.2. The van der Waals surface area contributed by atoms with Crippen LogP contribution in [0.2, 0.25) is 0 Å². The Labute approximate surface area is 180 Å². The molecule has 2 heteroatoms.